The first-order chi connectivity index (χ1) is 8.83. The molecule has 88 valence electrons. The van der Waals surface area contributed by atoms with E-state index in [1.54, 1.807) is 12.3 Å². The van der Waals surface area contributed by atoms with Crippen LogP contribution in [0.1, 0.15) is 0 Å². The van der Waals surface area contributed by atoms with E-state index in [2.05, 4.69) is 4.98 Å². The Bertz CT molecular complexity index is 737. The molecule has 0 spiro atoms. The van der Waals surface area contributed by atoms with E-state index in [4.69, 9.17) is 4.42 Å². The Morgan fingerprint density at radius 2 is 1.89 bits per heavy atom. The SMILES string of the molecule is O=c1oc2ccccc2cc1Sc1ccccn1. The molecule has 0 amide bonds. The number of fused-ring (bicyclic) bond motifs is 1. The second-order valence-corrected chi connectivity index (χ2v) is 4.77. The van der Waals surface area contributed by atoms with E-state index in [0.29, 0.717) is 10.5 Å². The normalized spacial score (nSPS) is 10.7. The highest BCUT2D eigenvalue weighted by atomic mass is 32.2. The van der Waals surface area contributed by atoms with Crippen molar-refractivity contribution in [3.05, 3.63) is 65.1 Å². The van der Waals surface area contributed by atoms with Crippen LogP contribution in [0.4, 0.5) is 0 Å². The third kappa shape index (κ3) is 2.15. The van der Waals surface area contributed by atoms with Gasteiger partial charge in [-0.1, -0.05) is 36.0 Å². The van der Waals surface area contributed by atoms with E-state index in [-0.39, 0.29) is 5.63 Å². The van der Waals surface area contributed by atoms with E-state index in [1.807, 2.05) is 42.5 Å². The van der Waals surface area contributed by atoms with Crippen molar-refractivity contribution >= 4 is 22.7 Å². The summed E-state index contributed by atoms with van der Waals surface area (Å²) in [6.45, 7) is 0. The Hall–Kier alpha value is -2.07. The molecule has 1 aromatic carbocycles. The van der Waals surface area contributed by atoms with E-state index < -0.39 is 0 Å². The van der Waals surface area contributed by atoms with Crippen LogP contribution in [-0.2, 0) is 0 Å². The van der Waals surface area contributed by atoms with Crippen molar-refractivity contribution in [1.29, 1.82) is 0 Å². The summed E-state index contributed by atoms with van der Waals surface area (Å²) in [4.78, 5) is 16.5. The number of aromatic nitrogens is 1. The first-order valence-electron chi connectivity index (χ1n) is 5.45. The molecular weight excluding hydrogens is 246 g/mol. The summed E-state index contributed by atoms with van der Waals surface area (Å²) in [5, 5.41) is 1.69. The molecule has 0 saturated carbocycles. The van der Waals surface area contributed by atoms with Gasteiger partial charge in [0.15, 0.2) is 0 Å². The van der Waals surface area contributed by atoms with Crippen LogP contribution < -0.4 is 5.63 Å². The lowest BCUT2D eigenvalue weighted by Gasteiger charge is -2.01. The van der Waals surface area contributed by atoms with E-state index in [9.17, 15) is 4.79 Å². The number of benzene rings is 1. The highest BCUT2D eigenvalue weighted by Crippen LogP contribution is 2.25. The van der Waals surface area contributed by atoms with E-state index in [1.165, 1.54) is 11.8 Å². The molecule has 0 atom stereocenters. The van der Waals surface area contributed by atoms with Crippen molar-refractivity contribution in [2.75, 3.05) is 0 Å². The third-order valence-corrected chi connectivity index (χ3v) is 3.42. The lowest BCUT2D eigenvalue weighted by molar-refractivity contribution is 0.544. The Kier molecular flexibility index (Phi) is 2.86. The number of nitrogens with zero attached hydrogens (tertiary/aromatic N) is 1. The van der Waals surface area contributed by atoms with Crippen LogP contribution in [0.3, 0.4) is 0 Å². The van der Waals surface area contributed by atoms with Gasteiger partial charge in [0.05, 0.1) is 0 Å². The predicted octanol–water partition coefficient (Wildman–Crippen LogP) is 3.34. The zero-order valence-corrected chi connectivity index (χ0v) is 10.2. The van der Waals surface area contributed by atoms with Gasteiger partial charge in [0, 0.05) is 11.6 Å². The van der Waals surface area contributed by atoms with Crippen molar-refractivity contribution in [2.45, 2.75) is 9.92 Å². The minimum Gasteiger partial charge on any atom is -0.422 e. The van der Waals surface area contributed by atoms with Gasteiger partial charge in [0.2, 0.25) is 0 Å². The van der Waals surface area contributed by atoms with Crippen LogP contribution in [0.2, 0.25) is 0 Å². The van der Waals surface area contributed by atoms with E-state index in [0.717, 1.165) is 10.4 Å². The van der Waals surface area contributed by atoms with Gasteiger partial charge in [0.25, 0.3) is 0 Å². The van der Waals surface area contributed by atoms with Crippen molar-refractivity contribution in [3.63, 3.8) is 0 Å². The molecule has 18 heavy (non-hydrogen) atoms. The highest BCUT2D eigenvalue weighted by molar-refractivity contribution is 7.99. The molecule has 2 aromatic heterocycles. The Morgan fingerprint density at radius 3 is 2.72 bits per heavy atom. The quantitative estimate of drug-likeness (QED) is 0.659. The number of para-hydroxylation sites is 1. The predicted molar refractivity (Wildman–Crippen MR) is 70.8 cm³/mol. The largest absolute Gasteiger partial charge is 0.422 e. The first kappa shape index (κ1) is 11.0. The minimum atomic E-state index is -0.329. The Morgan fingerprint density at radius 1 is 1.06 bits per heavy atom. The average molecular weight is 255 g/mol. The molecule has 0 saturated heterocycles. The molecule has 0 radical (unpaired) electrons. The molecule has 0 bridgehead atoms. The second-order valence-electron chi connectivity index (χ2n) is 3.71. The molecule has 0 aliphatic carbocycles. The minimum absolute atomic E-state index is 0.329. The lowest BCUT2D eigenvalue weighted by atomic mass is 10.2. The highest BCUT2D eigenvalue weighted by Gasteiger charge is 2.07. The molecule has 0 N–H and O–H groups in total. The molecule has 3 nitrogen and oxygen atoms in total. The van der Waals surface area contributed by atoms with Gasteiger partial charge in [-0.3, -0.25) is 0 Å². The van der Waals surface area contributed by atoms with Crippen LogP contribution >= 0.6 is 11.8 Å². The molecule has 0 fully saturated rings. The van der Waals surface area contributed by atoms with Crippen LogP contribution in [0.15, 0.2) is 73.9 Å². The van der Waals surface area contributed by atoms with Crippen LogP contribution in [-0.4, -0.2) is 4.98 Å². The maximum Gasteiger partial charge on any atom is 0.350 e. The summed E-state index contributed by atoms with van der Waals surface area (Å²) in [7, 11) is 0. The fourth-order valence-electron chi connectivity index (χ4n) is 1.63. The molecule has 0 aliphatic heterocycles. The van der Waals surface area contributed by atoms with Gasteiger partial charge in [-0.25, -0.2) is 9.78 Å². The maximum atomic E-state index is 11.8. The fourth-order valence-corrected chi connectivity index (χ4v) is 2.43. The van der Waals surface area contributed by atoms with E-state index >= 15 is 0 Å². The van der Waals surface area contributed by atoms with Crippen LogP contribution in [0, 0.1) is 0 Å². The van der Waals surface area contributed by atoms with Crippen molar-refractivity contribution in [3.8, 4) is 0 Å². The summed E-state index contributed by atoms with van der Waals surface area (Å²) in [5.74, 6) is 0. The van der Waals surface area contributed by atoms with Crippen molar-refractivity contribution in [2.24, 2.45) is 0 Å². The topological polar surface area (TPSA) is 43.1 Å². The monoisotopic (exact) mass is 255 g/mol. The zero-order chi connectivity index (χ0) is 12.4. The summed E-state index contributed by atoms with van der Waals surface area (Å²) >= 11 is 1.31. The molecular formula is C14H9NO2S. The standard InChI is InChI=1S/C14H9NO2S/c16-14-12(18-13-7-3-4-8-15-13)9-10-5-1-2-6-11(10)17-14/h1-9H. The molecule has 4 heteroatoms. The van der Waals surface area contributed by atoms with Gasteiger partial charge in [-0.05, 0) is 24.3 Å². The number of pyridine rings is 1. The van der Waals surface area contributed by atoms with Gasteiger partial charge >= 0.3 is 5.63 Å². The maximum absolute atomic E-state index is 11.8. The van der Waals surface area contributed by atoms with Crippen LogP contribution in [0.5, 0.6) is 0 Å². The first-order valence-corrected chi connectivity index (χ1v) is 6.26. The molecule has 3 rings (SSSR count). The molecule has 3 aromatic rings. The molecule has 0 aliphatic rings. The van der Waals surface area contributed by atoms with Crippen LogP contribution in [0.25, 0.3) is 11.0 Å². The number of hydrogen-bond donors (Lipinski definition) is 0. The smallest absolute Gasteiger partial charge is 0.350 e. The fraction of sp³-hybridized carbons (Fsp3) is 0. The van der Waals surface area contributed by atoms with Gasteiger partial charge in [-0.15, -0.1) is 0 Å². The third-order valence-electron chi connectivity index (χ3n) is 2.46. The van der Waals surface area contributed by atoms with Crippen molar-refractivity contribution in [1.82, 2.24) is 4.98 Å². The zero-order valence-electron chi connectivity index (χ0n) is 9.37. The summed E-state index contributed by atoms with van der Waals surface area (Å²) < 4.78 is 5.26. The summed E-state index contributed by atoms with van der Waals surface area (Å²) in [5.41, 5.74) is 0.275. The number of rotatable bonds is 2. The molecule has 2 heterocycles. The second kappa shape index (κ2) is 4.66. The average Bonchev–Trinajstić information content (AvgIpc) is 2.41. The Balaban J connectivity index is 2.07. The van der Waals surface area contributed by atoms with Gasteiger partial charge in [-0.2, -0.15) is 0 Å². The van der Waals surface area contributed by atoms with Crippen molar-refractivity contribution < 1.29 is 4.42 Å². The summed E-state index contributed by atoms with van der Waals surface area (Å²) in [6, 6.07) is 14.9. The lowest BCUT2D eigenvalue weighted by Crippen LogP contribution is -2.01. The molecule has 0 unspecified atom stereocenters. The Labute approximate surface area is 107 Å². The summed E-state index contributed by atoms with van der Waals surface area (Å²) in [6.07, 6.45) is 1.70. The number of hydrogen-bond acceptors (Lipinski definition) is 4. The van der Waals surface area contributed by atoms with Gasteiger partial charge in [0.1, 0.15) is 15.5 Å². The van der Waals surface area contributed by atoms with Gasteiger partial charge < -0.3 is 4.42 Å².